The highest BCUT2D eigenvalue weighted by Crippen LogP contribution is 2.33. The molecule has 0 spiro atoms. The molecule has 2 aromatic carbocycles. The third-order valence-electron chi connectivity index (χ3n) is 5.08. The van der Waals surface area contributed by atoms with Crippen molar-refractivity contribution >= 4 is 33.2 Å². The number of hydrogen-bond donors (Lipinski definition) is 0. The summed E-state index contributed by atoms with van der Waals surface area (Å²) in [5.41, 5.74) is 0.363. The van der Waals surface area contributed by atoms with Crippen LogP contribution in [-0.4, -0.2) is 45.5 Å². The number of carbonyl (C=O) groups excluding carboxylic acids is 1. The highest BCUT2D eigenvalue weighted by atomic mass is 35.5. The summed E-state index contributed by atoms with van der Waals surface area (Å²) < 4.78 is 66.1. The lowest BCUT2D eigenvalue weighted by molar-refractivity contribution is -0.184. The number of hydrogen-bond acceptors (Lipinski definition) is 3. The molecule has 0 aromatic heterocycles. The molecule has 5 nitrogen and oxygen atoms in total. The zero-order valence-corrected chi connectivity index (χ0v) is 17.6. The topological polar surface area (TPSA) is 57.7 Å². The van der Waals surface area contributed by atoms with Gasteiger partial charge in [0.05, 0.1) is 16.5 Å². The Hall–Kier alpha value is -2.26. The molecule has 1 aliphatic heterocycles. The molecule has 1 amide bonds. The fourth-order valence-corrected chi connectivity index (χ4v) is 4.79. The predicted octanol–water partition coefficient (Wildman–Crippen LogP) is 4.58. The Kier molecular flexibility index (Phi) is 6.33. The molecule has 1 atom stereocenters. The van der Waals surface area contributed by atoms with Crippen molar-refractivity contribution < 1.29 is 26.4 Å². The zero-order chi connectivity index (χ0) is 22.1. The maximum absolute atomic E-state index is 13.0. The lowest BCUT2D eigenvalue weighted by Crippen LogP contribution is -2.44. The minimum atomic E-state index is -4.37. The molecule has 1 aliphatic rings. The van der Waals surface area contributed by atoms with Crippen molar-refractivity contribution in [3.8, 4) is 0 Å². The molecule has 1 heterocycles. The standard InChI is InChI=1S/C20H20ClF3N2O3S/c1-25(17-8-3-7-16(21)12-17)30(28,29)18-9-2-5-14(11-18)19(27)26-10-4-6-15(13-26)20(22,23)24/h2-3,5,7-9,11-12,15H,4,6,10,13H2,1H3. The van der Waals surface area contributed by atoms with Crippen molar-refractivity contribution in [1.29, 1.82) is 0 Å². The average molecular weight is 461 g/mol. The molecule has 1 saturated heterocycles. The highest BCUT2D eigenvalue weighted by Gasteiger charge is 2.42. The lowest BCUT2D eigenvalue weighted by Gasteiger charge is -2.33. The molecule has 0 radical (unpaired) electrons. The van der Waals surface area contributed by atoms with E-state index in [-0.39, 0.29) is 29.8 Å². The van der Waals surface area contributed by atoms with Gasteiger partial charge in [-0.2, -0.15) is 13.2 Å². The number of benzene rings is 2. The van der Waals surface area contributed by atoms with E-state index in [2.05, 4.69) is 0 Å². The van der Waals surface area contributed by atoms with Crippen LogP contribution >= 0.6 is 11.6 Å². The molecular weight excluding hydrogens is 441 g/mol. The fourth-order valence-electron chi connectivity index (χ4n) is 3.37. The average Bonchev–Trinajstić information content (AvgIpc) is 2.72. The van der Waals surface area contributed by atoms with Gasteiger partial charge in [0, 0.05) is 30.7 Å². The number of halogens is 4. The lowest BCUT2D eigenvalue weighted by atomic mass is 9.97. The molecule has 162 valence electrons. The van der Waals surface area contributed by atoms with Gasteiger partial charge in [-0.1, -0.05) is 23.7 Å². The van der Waals surface area contributed by atoms with Crippen LogP contribution in [-0.2, 0) is 10.0 Å². The second-order valence-corrected chi connectivity index (χ2v) is 9.52. The van der Waals surface area contributed by atoms with E-state index in [1.165, 1.54) is 37.4 Å². The molecular formula is C20H20ClF3N2O3S. The van der Waals surface area contributed by atoms with Gasteiger partial charge in [0.1, 0.15) is 0 Å². The van der Waals surface area contributed by atoms with Gasteiger partial charge in [-0.3, -0.25) is 9.10 Å². The summed E-state index contributed by atoms with van der Waals surface area (Å²) in [6, 6.07) is 11.6. The quantitative estimate of drug-likeness (QED) is 0.671. The third kappa shape index (κ3) is 4.73. The van der Waals surface area contributed by atoms with Crippen LogP contribution in [0.25, 0.3) is 0 Å². The monoisotopic (exact) mass is 460 g/mol. The third-order valence-corrected chi connectivity index (χ3v) is 7.10. The maximum Gasteiger partial charge on any atom is 0.393 e. The molecule has 1 fully saturated rings. The van der Waals surface area contributed by atoms with Crippen molar-refractivity contribution in [2.24, 2.45) is 5.92 Å². The number of amides is 1. The van der Waals surface area contributed by atoms with Crippen molar-refractivity contribution in [3.63, 3.8) is 0 Å². The van der Waals surface area contributed by atoms with Gasteiger partial charge in [-0.05, 0) is 49.2 Å². The number of likely N-dealkylation sites (tertiary alicyclic amines) is 1. The van der Waals surface area contributed by atoms with Crippen molar-refractivity contribution in [2.45, 2.75) is 23.9 Å². The number of alkyl halides is 3. The summed E-state index contributed by atoms with van der Waals surface area (Å²) in [6.45, 7) is -0.230. The predicted molar refractivity (Wildman–Crippen MR) is 108 cm³/mol. The summed E-state index contributed by atoms with van der Waals surface area (Å²) in [6.07, 6.45) is -4.15. The van der Waals surface area contributed by atoms with Crippen molar-refractivity contribution in [3.05, 3.63) is 59.1 Å². The summed E-state index contributed by atoms with van der Waals surface area (Å²) in [4.78, 5) is 13.8. The van der Waals surface area contributed by atoms with E-state index in [4.69, 9.17) is 11.6 Å². The Morgan fingerprint density at radius 1 is 1.17 bits per heavy atom. The Balaban J connectivity index is 1.86. The summed E-state index contributed by atoms with van der Waals surface area (Å²) >= 11 is 5.93. The van der Waals surface area contributed by atoms with Gasteiger partial charge in [-0.15, -0.1) is 0 Å². The first kappa shape index (κ1) is 22.4. The number of anilines is 1. The molecule has 0 bridgehead atoms. The number of rotatable bonds is 4. The van der Waals surface area contributed by atoms with Crippen LogP contribution in [0.15, 0.2) is 53.4 Å². The second-order valence-electron chi connectivity index (χ2n) is 7.11. The van der Waals surface area contributed by atoms with Crippen molar-refractivity contribution in [2.75, 3.05) is 24.4 Å². The minimum Gasteiger partial charge on any atom is -0.338 e. The summed E-state index contributed by atoms with van der Waals surface area (Å²) in [5.74, 6) is -2.19. The molecule has 0 N–H and O–H groups in total. The van der Waals surface area contributed by atoms with Crippen LogP contribution in [0.5, 0.6) is 0 Å². The number of piperidine rings is 1. The molecule has 2 aromatic rings. The largest absolute Gasteiger partial charge is 0.393 e. The summed E-state index contributed by atoms with van der Waals surface area (Å²) in [7, 11) is -2.65. The van der Waals surface area contributed by atoms with Crippen LogP contribution in [0.4, 0.5) is 18.9 Å². The Morgan fingerprint density at radius 2 is 1.87 bits per heavy atom. The Bertz CT molecular complexity index is 1040. The van der Waals surface area contributed by atoms with Crippen LogP contribution in [0.2, 0.25) is 5.02 Å². The van der Waals surface area contributed by atoms with Gasteiger partial charge in [-0.25, -0.2) is 8.42 Å². The van der Waals surface area contributed by atoms with E-state index in [9.17, 15) is 26.4 Å². The molecule has 3 rings (SSSR count). The van der Waals surface area contributed by atoms with E-state index < -0.39 is 34.6 Å². The molecule has 1 unspecified atom stereocenters. The van der Waals surface area contributed by atoms with Crippen LogP contribution in [0.3, 0.4) is 0 Å². The van der Waals surface area contributed by atoms with Gasteiger partial charge in [0.15, 0.2) is 0 Å². The zero-order valence-electron chi connectivity index (χ0n) is 16.1. The van der Waals surface area contributed by atoms with E-state index in [0.717, 1.165) is 9.21 Å². The first-order valence-electron chi connectivity index (χ1n) is 9.20. The number of nitrogens with zero attached hydrogens (tertiary/aromatic N) is 2. The van der Waals surface area contributed by atoms with Crippen LogP contribution in [0.1, 0.15) is 23.2 Å². The first-order valence-corrected chi connectivity index (χ1v) is 11.0. The smallest absolute Gasteiger partial charge is 0.338 e. The van der Waals surface area contributed by atoms with Gasteiger partial charge in [0.2, 0.25) is 0 Å². The first-order chi connectivity index (χ1) is 14.0. The number of sulfonamides is 1. The molecule has 30 heavy (non-hydrogen) atoms. The SMILES string of the molecule is CN(c1cccc(Cl)c1)S(=O)(=O)c1cccc(C(=O)N2CCCC(C(F)(F)F)C2)c1. The van der Waals surface area contributed by atoms with E-state index >= 15 is 0 Å². The van der Waals surface area contributed by atoms with Gasteiger partial charge in [0.25, 0.3) is 15.9 Å². The molecule has 0 aliphatic carbocycles. The Morgan fingerprint density at radius 3 is 2.53 bits per heavy atom. The van der Waals surface area contributed by atoms with Gasteiger partial charge >= 0.3 is 6.18 Å². The molecule has 10 heteroatoms. The second kappa shape index (κ2) is 8.47. The normalized spacial score (nSPS) is 17.6. The van der Waals surface area contributed by atoms with E-state index in [0.29, 0.717) is 10.7 Å². The highest BCUT2D eigenvalue weighted by molar-refractivity contribution is 7.92. The van der Waals surface area contributed by atoms with Crippen LogP contribution < -0.4 is 4.31 Å². The van der Waals surface area contributed by atoms with E-state index in [1.807, 2.05) is 0 Å². The fraction of sp³-hybridized carbons (Fsp3) is 0.350. The van der Waals surface area contributed by atoms with E-state index in [1.54, 1.807) is 18.2 Å². The summed E-state index contributed by atoms with van der Waals surface area (Å²) in [5, 5.41) is 0.364. The number of carbonyl (C=O) groups is 1. The minimum absolute atomic E-state index is 0.0217. The Labute approximate surface area is 178 Å². The van der Waals surface area contributed by atoms with Gasteiger partial charge < -0.3 is 4.90 Å². The van der Waals surface area contributed by atoms with Crippen LogP contribution in [0, 0.1) is 5.92 Å². The van der Waals surface area contributed by atoms with Crippen molar-refractivity contribution in [1.82, 2.24) is 4.90 Å². The molecule has 0 saturated carbocycles. The maximum atomic E-state index is 13.0.